The zero-order valence-electron chi connectivity index (χ0n) is 10.2. The van der Waals surface area contributed by atoms with E-state index >= 15 is 0 Å². The molecule has 2 rings (SSSR count). The lowest BCUT2D eigenvalue weighted by molar-refractivity contribution is -0.142. The van der Waals surface area contributed by atoms with E-state index in [2.05, 4.69) is 52.2 Å². The number of carboxylic acid groups (broad SMARTS) is 1. The van der Waals surface area contributed by atoms with Gasteiger partial charge in [0.25, 0.3) is 0 Å². The van der Waals surface area contributed by atoms with Crippen LogP contribution in [0.1, 0.15) is 31.2 Å². The summed E-state index contributed by atoms with van der Waals surface area (Å²) in [6.07, 6.45) is 3.56. The molecule has 0 spiro atoms. The molecule has 0 radical (unpaired) electrons. The standard InChI is InChI=1S/C14H18INO2/c15-12-3-1-2-10(8-12)9-16-13-6-4-11(5-7-13)14(17)18/h1-3,8,11,13,16H,4-7,9H2,(H,17,18). The monoisotopic (exact) mass is 359 g/mol. The first kappa shape index (κ1) is 13.8. The highest BCUT2D eigenvalue weighted by molar-refractivity contribution is 14.1. The van der Waals surface area contributed by atoms with Crippen LogP contribution in [-0.4, -0.2) is 17.1 Å². The molecule has 2 N–H and O–H groups in total. The Morgan fingerprint density at radius 1 is 1.33 bits per heavy atom. The van der Waals surface area contributed by atoms with Gasteiger partial charge in [0, 0.05) is 16.2 Å². The molecule has 1 aromatic rings. The van der Waals surface area contributed by atoms with Gasteiger partial charge in [-0.05, 0) is 66.0 Å². The van der Waals surface area contributed by atoms with Crippen molar-refractivity contribution >= 4 is 28.6 Å². The van der Waals surface area contributed by atoms with Crippen LogP contribution in [-0.2, 0) is 11.3 Å². The molecule has 18 heavy (non-hydrogen) atoms. The molecule has 0 atom stereocenters. The van der Waals surface area contributed by atoms with Gasteiger partial charge in [0.15, 0.2) is 0 Å². The Balaban J connectivity index is 1.77. The van der Waals surface area contributed by atoms with Gasteiger partial charge in [0.05, 0.1) is 5.92 Å². The van der Waals surface area contributed by atoms with E-state index in [0.29, 0.717) is 6.04 Å². The number of hydrogen-bond donors (Lipinski definition) is 2. The van der Waals surface area contributed by atoms with Crippen molar-refractivity contribution in [3.63, 3.8) is 0 Å². The third-order valence-electron chi connectivity index (χ3n) is 3.56. The van der Waals surface area contributed by atoms with Crippen LogP contribution in [0.4, 0.5) is 0 Å². The number of rotatable bonds is 4. The fraction of sp³-hybridized carbons (Fsp3) is 0.500. The number of halogens is 1. The number of hydrogen-bond acceptors (Lipinski definition) is 2. The molecule has 3 nitrogen and oxygen atoms in total. The minimum Gasteiger partial charge on any atom is -0.481 e. The number of nitrogens with one attached hydrogen (secondary N) is 1. The molecule has 98 valence electrons. The zero-order valence-corrected chi connectivity index (χ0v) is 12.4. The second kappa shape index (κ2) is 6.52. The topological polar surface area (TPSA) is 49.3 Å². The molecule has 0 heterocycles. The van der Waals surface area contributed by atoms with Crippen molar-refractivity contribution in [2.75, 3.05) is 0 Å². The van der Waals surface area contributed by atoms with Gasteiger partial charge in [0.1, 0.15) is 0 Å². The molecule has 0 bridgehead atoms. The van der Waals surface area contributed by atoms with Gasteiger partial charge < -0.3 is 10.4 Å². The van der Waals surface area contributed by atoms with E-state index in [4.69, 9.17) is 5.11 Å². The minimum atomic E-state index is -0.633. The van der Waals surface area contributed by atoms with E-state index in [9.17, 15) is 4.79 Å². The van der Waals surface area contributed by atoms with Gasteiger partial charge in [-0.3, -0.25) is 4.79 Å². The first-order valence-corrected chi connectivity index (χ1v) is 7.43. The summed E-state index contributed by atoms with van der Waals surface area (Å²) in [5, 5.41) is 12.5. The molecule has 1 aliphatic carbocycles. The van der Waals surface area contributed by atoms with Gasteiger partial charge in [-0.1, -0.05) is 12.1 Å². The fourth-order valence-electron chi connectivity index (χ4n) is 2.45. The van der Waals surface area contributed by atoms with Crippen LogP contribution in [0.15, 0.2) is 24.3 Å². The van der Waals surface area contributed by atoms with Gasteiger partial charge in [-0.15, -0.1) is 0 Å². The van der Waals surface area contributed by atoms with Gasteiger partial charge >= 0.3 is 5.97 Å². The lowest BCUT2D eigenvalue weighted by Crippen LogP contribution is -2.34. The van der Waals surface area contributed by atoms with E-state index in [1.54, 1.807) is 0 Å². The van der Waals surface area contributed by atoms with E-state index in [1.165, 1.54) is 9.13 Å². The molecule has 0 aliphatic heterocycles. The minimum absolute atomic E-state index is 0.124. The van der Waals surface area contributed by atoms with Gasteiger partial charge in [0.2, 0.25) is 0 Å². The van der Waals surface area contributed by atoms with Crippen LogP contribution in [0, 0.1) is 9.49 Å². The van der Waals surface area contributed by atoms with Crippen LogP contribution in [0.2, 0.25) is 0 Å². The molecule has 4 heteroatoms. The molecule has 0 aromatic heterocycles. The molecule has 0 unspecified atom stereocenters. The highest BCUT2D eigenvalue weighted by Crippen LogP contribution is 2.24. The van der Waals surface area contributed by atoms with Gasteiger partial charge in [-0.25, -0.2) is 0 Å². The summed E-state index contributed by atoms with van der Waals surface area (Å²) in [6, 6.07) is 8.93. The van der Waals surface area contributed by atoms with E-state index in [0.717, 1.165) is 32.2 Å². The Bertz CT molecular complexity index is 414. The Morgan fingerprint density at radius 3 is 2.67 bits per heavy atom. The largest absolute Gasteiger partial charge is 0.481 e. The maximum atomic E-state index is 10.9. The van der Waals surface area contributed by atoms with Crippen molar-refractivity contribution in [3.05, 3.63) is 33.4 Å². The third kappa shape index (κ3) is 3.95. The van der Waals surface area contributed by atoms with Crippen molar-refractivity contribution in [2.45, 2.75) is 38.3 Å². The van der Waals surface area contributed by atoms with Crippen molar-refractivity contribution in [3.8, 4) is 0 Å². The summed E-state index contributed by atoms with van der Waals surface area (Å²) >= 11 is 2.32. The molecule has 0 saturated heterocycles. The second-order valence-corrected chi connectivity index (χ2v) is 6.14. The first-order chi connectivity index (χ1) is 8.65. The van der Waals surface area contributed by atoms with Gasteiger partial charge in [-0.2, -0.15) is 0 Å². The summed E-state index contributed by atoms with van der Waals surface area (Å²) in [5.74, 6) is -0.758. The highest BCUT2D eigenvalue weighted by Gasteiger charge is 2.25. The summed E-state index contributed by atoms with van der Waals surface area (Å²) < 4.78 is 1.25. The quantitative estimate of drug-likeness (QED) is 0.813. The lowest BCUT2D eigenvalue weighted by atomic mass is 9.86. The van der Waals surface area contributed by atoms with Crippen LogP contribution in [0.5, 0.6) is 0 Å². The Morgan fingerprint density at radius 2 is 2.06 bits per heavy atom. The highest BCUT2D eigenvalue weighted by atomic mass is 127. The number of benzene rings is 1. The van der Waals surface area contributed by atoms with E-state index < -0.39 is 5.97 Å². The maximum Gasteiger partial charge on any atom is 0.306 e. The molecule has 1 aliphatic rings. The van der Waals surface area contributed by atoms with E-state index in [1.807, 2.05) is 0 Å². The van der Waals surface area contributed by atoms with Crippen molar-refractivity contribution in [1.29, 1.82) is 0 Å². The molecule has 1 saturated carbocycles. The molecule has 1 aromatic carbocycles. The summed E-state index contributed by atoms with van der Waals surface area (Å²) in [6.45, 7) is 0.874. The molecule has 0 amide bonds. The normalized spacial score (nSPS) is 23.8. The number of carboxylic acids is 1. The predicted molar refractivity (Wildman–Crippen MR) is 79.4 cm³/mol. The molecular weight excluding hydrogens is 341 g/mol. The Kier molecular flexibility index (Phi) is 5.00. The van der Waals surface area contributed by atoms with Crippen LogP contribution < -0.4 is 5.32 Å². The smallest absolute Gasteiger partial charge is 0.306 e. The van der Waals surface area contributed by atoms with Crippen LogP contribution >= 0.6 is 22.6 Å². The average molecular weight is 359 g/mol. The van der Waals surface area contributed by atoms with Crippen LogP contribution in [0.3, 0.4) is 0 Å². The second-order valence-electron chi connectivity index (χ2n) is 4.90. The van der Waals surface area contributed by atoms with Crippen molar-refractivity contribution in [2.24, 2.45) is 5.92 Å². The molecular formula is C14H18INO2. The SMILES string of the molecule is O=C(O)C1CCC(NCc2cccc(I)c2)CC1. The summed E-state index contributed by atoms with van der Waals surface area (Å²) in [4.78, 5) is 10.9. The van der Waals surface area contributed by atoms with Crippen molar-refractivity contribution in [1.82, 2.24) is 5.32 Å². The van der Waals surface area contributed by atoms with E-state index in [-0.39, 0.29) is 5.92 Å². The Hall–Kier alpha value is -0.620. The predicted octanol–water partition coefficient (Wildman–Crippen LogP) is 3.02. The third-order valence-corrected chi connectivity index (χ3v) is 4.23. The average Bonchev–Trinajstić information content (AvgIpc) is 2.37. The van der Waals surface area contributed by atoms with Crippen molar-refractivity contribution < 1.29 is 9.90 Å². The zero-order chi connectivity index (χ0) is 13.0. The number of aliphatic carboxylic acids is 1. The lowest BCUT2D eigenvalue weighted by Gasteiger charge is -2.27. The summed E-state index contributed by atoms with van der Waals surface area (Å²) in [7, 11) is 0. The molecule has 1 fully saturated rings. The maximum absolute atomic E-state index is 10.9. The Labute approximate surface area is 121 Å². The van der Waals surface area contributed by atoms with Crippen LogP contribution in [0.25, 0.3) is 0 Å². The first-order valence-electron chi connectivity index (χ1n) is 6.36. The number of carbonyl (C=O) groups is 1. The fourth-order valence-corrected chi connectivity index (χ4v) is 3.06. The summed E-state index contributed by atoms with van der Waals surface area (Å²) in [5.41, 5.74) is 1.29.